The second-order valence-corrected chi connectivity index (χ2v) is 6.13. The summed E-state index contributed by atoms with van der Waals surface area (Å²) in [5.74, 6) is 0.960. The van der Waals surface area contributed by atoms with Gasteiger partial charge in [-0.3, -0.25) is 4.79 Å². The Morgan fingerprint density at radius 3 is 3.21 bits per heavy atom. The van der Waals surface area contributed by atoms with E-state index in [9.17, 15) is 4.79 Å². The number of carbonyl (C=O) groups excluding carboxylic acids is 1. The van der Waals surface area contributed by atoms with Gasteiger partial charge in [-0.15, -0.1) is 0 Å². The minimum Gasteiger partial charge on any atom is -0.493 e. The number of nitrogens with zero attached hydrogens (tertiary/aromatic N) is 2. The molecule has 1 aromatic carbocycles. The van der Waals surface area contributed by atoms with Crippen molar-refractivity contribution in [3.63, 3.8) is 0 Å². The topological polar surface area (TPSA) is 55.6 Å². The molecule has 0 radical (unpaired) electrons. The Labute approximate surface area is 140 Å². The highest BCUT2D eigenvalue weighted by atomic mass is 16.5. The number of hydrogen-bond acceptors (Lipinski definition) is 3. The van der Waals surface area contributed by atoms with Crippen molar-refractivity contribution in [3.8, 4) is 5.75 Å². The third kappa shape index (κ3) is 2.73. The summed E-state index contributed by atoms with van der Waals surface area (Å²) in [6, 6.07) is 11.9. The van der Waals surface area contributed by atoms with Crippen molar-refractivity contribution in [1.29, 1.82) is 0 Å². The van der Waals surface area contributed by atoms with E-state index in [1.54, 1.807) is 10.7 Å². The summed E-state index contributed by atoms with van der Waals surface area (Å²) in [5.41, 5.74) is 4.22. The molecule has 2 aromatic heterocycles. The molecule has 0 unspecified atom stereocenters. The quantitative estimate of drug-likeness (QED) is 0.804. The van der Waals surface area contributed by atoms with E-state index in [2.05, 4.69) is 16.5 Å². The summed E-state index contributed by atoms with van der Waals surface area (Å²) in [6.45, 7) is 2.75. The molecule has 0 saturated carbocycles. The van der Waals surface area contributed by atoms with Gasteiger partial charge in [0.25, 0.3) is 0 Å². The molecule has 5 heteroatoms. The van der Waals surface area contributed by atoms with Gasteiger partial charge in [0.15, 0.2) is 0 Å². The van der Waals surface area contributed by atoms with E-state index in [1.807, 2.05) is 43.5 Å². The van der Waals surface area contributed by atoms with Gasteiger partial charge >= 0.3 is 0 Å². The molecule has 0 saturated heterocycles. The number of aromatic nitrogens is 2. The summed E-state index contributed by atoms with van der Waals surface area (Å²) in [7, 11) is 0. The molecule has 0 bridgehead atoms. The van der Waals surface area contributed by atoms with Crippen LogP contribution in [0.3, 0.4) is 0 Å². The molecule has 1 N–H and O–H groups in total. The average Bonchev–Trinajstić information content (AvgIpc) is 3.21. The number of fused-ring (bicyclic) bond motifs is 2. The zero-order chi connectivity index (χ0) is 16.5. The number of benzene rings is 1. The van der Waals surface area contributed by atoms with Crippen molar-refractivity contribution in [2.24, 2.45) is 0 Å². The van der Waals surface area contributed by atoms with E-state index in [0.29, 0.717) is 6.42 Å². The van der Waals surface area contributed by atoms with Gasteiger partial charge in [-0.2, -0.15) is 5.10 Å². The van der Waals surface area contributed by atoms with E-state index in [4.69, 9.17) is 4.74 Å². The van der Waals surface area contributed by atoms with Crippen molar-refractivity contribution in [3.05, 3.63) is 65.5 Å². The van der Waals surface area contributed by atoms with E-state index in [0.717, 1.165) is 35.4 Å². The van der Waals surface area contributed by atoms with Crippen LogP contribution in [0.1, 0.15) is 29.7 Å². The summed E-state index contributed by atoms with van der Waals surface area (Å²) in [6.07, 6.45) is 4.90. The Morgan fingerprint density at radius 2 is 2.29 bits per heavy atom. The van der Waals surface area contributed by atoms with Crippen LogP contribution in [0.2, 0.25) is 0 Å². The monoisotopic (exact) mass is 321 g/mol. The van der Waals surface area contributed by atoms with Crippen LogP contribution in [0.15, 0.2) is 48.8 Å². The van der Waals surface area contributed by atoms with Crippen LogP contribution in [0.25, 0.3) is 5.52 Å². The van der Waals surface area contributed by atoms with Crippen LogP contribution in [-0.2, 0) is 17.6 Å². The molecule has 0 aliphatic carbocycles. The molecule has 1 aliphatic heterocycles. The van der Waals surface area contributed by atoms with Crippen LogP contribution in [0.4, 0.5) is 0 Å². The maximum absolute atomic E-state index is 12.4. The minimum absolute atomic E-state index is 0.00185. The van der Waals surface area contributed by atoms with Crippen LogP contribution in [0, 0.1) is 0 Å². The average molecular weight is 321 g/mol. The molecule has 0 fully saturated rings. The van der Waals surface area contributed by atoms with Gasteiger partial charge in [0.1, 0.15) is 5.75 Å². The van der Waals surface area contributed by atoms with Crippen LogP contribution >= 0.6 is 0 Å². The van der Waals surface area contributed by atoms with Gasteiger partial charge in [0.05, 0.1) is 30.8 Å². The molecule has 24 heavy (non-hydrogen) atoms. The fraction of sp³-hybridized carbons (Fsp3) is 0.263. The van der Waals surface area contributed by atoms with Crippen molar-refractivity contribution in [2.75, 3.05) is 6.61 Å². The zero-order valence-corrected chi connectivity index (χ0v) is 13.5. The number of pyridine rings is 1. The van der Waals surface area contributed by atoms with Crippen molar-refractivity contribution in [1.82, 2.24) is 14.9 Å². The summed E-state index contributed by atoms with van der Waals surface area (Å²) >= 11 is 0. The molecule has 3 heterocycles. The lowest BCUT2D eigenvalue weighted by molar-refractivity contribution is -0.121. The summed E-state index contributed by atoms with van der Waals surface area (Å²) < 4.78 is 7.31. The SMILES string of the molecule is C[C@@H](NC(=O)Cc1cnn2ccccc12)c1ccc2c(c1)CCO2. The molecular formula is C19H19N3O2. The van der Waals surface area contributed by atoms with E-state index in [1.165, 1.54) is 5.56 Å². The first-order chi connectivity index (χ1) is 11.7. The number of ether oxygens (including phenoxy) is 1. The first kappa shape index (κ1) is 14.8. The minimum atomic E-state index is -0.0368. The number of hydrogen-bond donors (Lipinski definition) is 1. The standard InChI is InChI=1S/C19H19N3O2/c1-13(14-5-6-18-15(10-14)7-9-24-18)21-19(23)11-16-12-20-22-8-3-2-4-17(16)22/h2-6,8,10,12-13H,7,9,11H2,1H3,(H,21,23)/t13-/m1/s1. The smallest absolute Gasteiger partial charge is 0.225 e. The van der Waals surface area contributed by atoms with Crippen LogP contribution < -0.4 is 10.1 Å². The van der Waals surface area contributed by atoms with Gasteiger partial charge in [-0.25, -0.2) is 4.52 Å². The van der Waals surface area contributed by atoms with Crippen LogP contribution in [0.5, 0.6) is 5.75 Å². The molecule has 122 valence electrons. The normalized spacial score (nSPS) is 14.2. The van der Waals surface area contributed by atoms with Crippen molar-refractivity contribution >= 4 is 11.4 Å². The highest BCUT2D eigenvalue weighted by Crippen LogP contribution is 2.28. The third-order valence-corrected chi connectivity index (χ3v) is 4.45. The molecule has 1 amide bonds. The Kier molecular flexibility index (Phi) is 3.69. The molecule has 4 rings (SSSR count). The summed E-state index contributed by atoms with van der Waals surface area (Å²) in [4.78, 5) is 12.4. The maximum Gasteiger partial charge on any atom is 0.225 e. The number of carbonyl (C=O) groups is 1. The second-order valence-electron chi connectivity index (χ2n) is 6.13. The van der Waals surface area contributed by atoms with Gasteiger partial charge in [0.2, 0.25) is 5.91 Å². The number of amides is 1. The highest BCUT2D eigenvalue weighted by Gasteiger charge is 2.16. The van der Waals surface area contributed by atoms with Gasteiger partial charge in [-0.1, -0.05) is 12.1 Å². The lowest BCUT2D eigenvalue weighted by Gasteiger charge is -2.15. The first-order valence-corrected chi connectivity index (χ1v) is 8.17. The first-order valence-electron chi connectivity index (χ1n) is 8.17. The Morgan fingerprint density at radius 1 is 1.38 bits per heavy atom. The lowest BCUT2D eigenvalue weighted by Crippen LogP contribution is -2.28. The van der Waals surface area contributed by atoms with Crippen LogP contribution in [-0.4, -0.2) is 22.1 Å². The highest BCUT2D eigenvalue weighted by molar-refractivity contribution is 5.81. The Balaban J connectivity index is 1.45. The molecule has 1 atom stereocenters. The zero-order valence-electron chi connectivity index (χ0n) is 13.5. The number of rotatable bonds is 4. The lowest BCUT2D eigenvalue weighted by atomic mass is 10.0. The van der Waals surface area contributed by atoms with Gasteiger partial charge < -0.3 is 10.1 Å². The summed E-state index contributed by atoms with van der Waals surface area (Å²) in [5, 5.41) is 7.34. The maximum atomic E-state index is 12.4. The van der Waals surface area contributed by atoms with Crippen molar-refractivity contribution < 1.29 is 9.53 Å². The molecule has 3 aromatic rings. The predicted molar refractivity (Wildman–Crippen MR) is 91.1 cm³/mol. The fourth-order valence-corrected chi connectivity index (χ4v) is 3.15. The molecule has 1 aliphatic rings. The number of nitrogens with one attached hydrogen (secondary N) is 1. The molecular weight excluding hydrogens is 302 g/mol. The Bertz CT molecular complexity index is 901. The second kappa shape index (κ2) is 6.00. The van der Waals surface area contributed by atoms with Crippen molar-refractivity contribution in [2.45, 2.75) is 25.8 Å². The van der Waals surface area contributed by atoms with E-state index >= 15 is 0 Å². The fourth-order valence-electron chi connectivity index (χ4n) is 3.15. The third-order valence-electron chi connectivity index (χ3n) is 4.45. The molecule has 0 spiro atoms. The Hall–Kier alpha value is -2.82. The van der Waals surface area contributed by atoms with E-state index in [-0.39, 0.29) is 11.9 Å². The van der Waals surface area contributed by atoms with E-state index < -0.39 is 0 Å². The predicted octanol–water partition coefficient (Wildman–Crippen LogP) is 2.69. The van der Waals surface area contributed by atoms with Gasteiger partial charge in [0, 0.05) is 18.2 Å². The largest absolute Gasteiger partial charge is 0.493 e. The van der Waals surface area contributed by atoms with Gasteiger partial charge in [-0.05, 0) is 42.3 Å². The molecule has 5 nitrogen and oxygen atoms in total.